The van der Waals surface area contributed by atoms with Gasteiger partial charge < -0.3 is 9.16 Å². The van der Waals surface area contributed by atoms with Gasteiger partial charge in [-0.2, -0.15) is 0 Å². The molecular weight excluding hydrogens is 520 g/mol. The van der Waals surface area contributed by atoms with Gasteiger partial charge in [0.1, 0.15) is 11.5 Å². The molecule has 0 heterocycles. The molecule has 0 bridgehead atoms. The van der Waals surface area contributed by atoms with E-state index in [1.807, 2.05) is 6.92 Å². The molecule has 1 rings (SSSR count). The Labute approximate surface area is 256 Å². The first kappa shape index (κ1) is 37.5. The van der Waals surface area contributed by atoms with Crippen molar-refractivity contribution >= 4 is 14.3 Å². The summed E-state index contributed by atoms with van der Waals surface area (Å²) < 4.78 is 12.7. The van der Waals surface area contributed by atoms with Crippen molar-refractivity contribution in [1.82, 2.24) is 0 Å². The highest BCUT2D eigenvalue weighted by molar-refractivity contribution is 6.74. The van der Waals surface area contributed by atoms with Crippen LogP contribution in [-0.2, 0) is 11.2 Å². The SMILES string of the molecule is CC(=O)Oc1c(C)c(C)c(O[Si](C)(C)C(C)(C)C)c(C/C=C(\C)CCCC(C)CCCC(C)CCCC(C)C)c1C. The summed E-state index contributed by atoms with van der Waals surface area (Å²) in [7, 11) is -2.05. The second-order valence-corrected chi connectivity index (χ2v) is 19.8. The third kappa shape index (κ3) is 12.7. The van der Waals surface area contributed by atoms with Crippen LogP contribution < -0.4 is 9.16 Å². The molecule has 0 spiro atoms. The van der Waals surface area contributed by atoms with Crippen molar-refractivity contribution in [3.63, 3.8) is 0 Å². The lowest BCUT2D eigenvalue weighted by atomic mass is 9.91. The fraction of sp³-hybridized carbons (Fsp3) is 0.757. The monoisotopic (exact) mass is 586 g/mol. The van der Waals surface area contributed by atoms with Crippen molar-refractivity contribution in [2.75, 3.05) is 0 Å². The van der Waals surface area contributed by atoms with Crippen LogP contribution in [0.25, 0.3) is 0 Å². The van der Waals surface area contributed by atoms with E-state index in [0.29, 0.717) is 5.75 Å². The summed E-state index contributed by atoms with van der Waals surface area (Å²) in [6.07, 6.45) is 15.1. The number of allylic oxidation sites excluding steroid dienone is 2. The summed E-state index contributed by atoms with van der Waals surface area (Å²) in [4.78, 5) is 11.9. The van der Waals surface area contributed by atoms with E-state index in [2.05, 4.69) is 88.4 Å². The molecule has 0 amide bonds. The van der Waals surface area contributed by atoms with Crippen molar-refractivity contribution in [1.29, 1.82) is 0 Å². The molecule has 0 aliphatic rings. The molecular formula is C37H66O3Si. The first-order valence-electron chi connectivity index (χ1n) is 16.5. The van der Waals surface area contributed by atoms with Crippen LogP contribution in [0.4, 0.5) is 0 Å². The fourth-order valence-corrected chi connectivity index (χ4v) is 6.42. The molecule has 1 aromatic carbocycles. The molecule has 0 aliphatic carbocycles. The Balaban J connectivity index is 2.88. The Hall–Kier alpha value is -1.55. The van der Waals surface area contributed by atoms with Crippen LogP contribution in [0.2, 0.25) is 18.1 Å². The van der Waals surface area contributed by atoms with Crippen LogP contribution in [0.3, 0.4) is 0 Å². The maximum atomic E-state index is 11.9. The second-order valence-electron chi connectivity index (χ2n) is 15.1. The number of hydrogen-bond donors (Lipinski definition) is 0. The number of carbonyl (C=O) groups excluding carboxylic acids is 1. The van der Waals surface area contributed by atoms with Gasteiger partial charge in [0.2, 0.25) is 0 Å². The Morgan fingerprint density at radius 1 is 0.780 bits per heavy atom. The van der Waals surface area contributed by atoms with E-state index >= 15 is 0 Å². The average Bonchev–Trinajstić information content (AvgIpc) is 2.83. The standard InChI is InChI=1S/C37H66O3Si/c1-26(2)18-15-19-27(3)20-16-21-28(4)22-17-23-29(5)24-25-34-32(8)35(39-33(9)38)30(6)31(7)36(34)40-41(13,14)37(10,11)12/h24,26-28H,15-23,25H2,1-14H3/b29-24+. The molecule has 0 aromatic heterocycles. The summed E-state index contributed by atoms with van der Waals surface area (Å²) in [6.45, 7) is 30.9. The molecule has 0 radical (unpaired) electrons. The van der Waals surface area contributed by atoms with Gasteiger partial charge in [-0.15, -0.1) is 0 Å². The zero-order valence-corrected chi connectivity index (χ0v) is 30.6. The molecule has 0 N–H and O–H groups in total. The van der Waals surface area contributed by atoms with Crippen molar-refractivity contribution < 1.29 is 14.0 Å². The molecule has 0 aliphatic heterocycles. The molecule has 236 valence electrons. The Kier molecular flexibility index (Phi) is 15.5. The van der Waals surface area contributed by atoms with E-state index in [-0.39, 0.29) is 11.0 Å². The molecule has 3 nitrogen and oxygen atoms in total. The Morgan fingerprint density at radius 2 is 1.27 bits per heavy atom. The Morgan fingerprint density at radius 3 is 1.76 bits per heavy atom. The zero-order valence-electron chi connectivity index (χ0n) is 29.6. The van der Waals surface area contributed by atoms with Crippen molar-refractivity contribution in [2.45, 2.75) is 165 Å². The highest BCUT2D eigenvalue weighted by atomic mass is 28.4. The van der Waals surface area contributed by atoms with Crippen molar-refractivity contribution in [3.8, 4) is 11.5 Å². The minimum Gasteiger partial charge on any atom is -0.543 e. The molecule has 41 heavy (non-hydrogen) atoms. The maximum absolute atomic E-state index is 11.9. The quantitative estimate of drug-likeness (QED) is 0.0788. The number of hydrogen-bond acceptors (Lipinski definition) is 3. The lowest BCUT2D eigenvalue weighted by Gasteiger charge is -2.38. The zero-order chi connectivity index (χ0) is 31.5. The van der Waals surface area contributed by atoms with Gasteiger partial charge in [0.25, 0.3) is 8.32 Å². The van der Waals surface area contributed by atoms with E-state index in [0.717, 1.165) is 58.6 Å². The Bertz CT molecular complexity index is 997. The topological polar surface area (TPSA) is 35.5 Å². The first-order chi connectivity index (χ1) is 18.9. The van der Waals surface area contributed by atoms with Gasteiger partial charge in [-0.05, 0) is 99.5 Å². The second kappa shape index (κ2) is 16.9. The average molecular weight is 587 g/mol. The van der Waals surface area contributed by atoms with Gasteiger partial charge in [0.05, 0.1) is 0 Å². The van der Waals surface area contributed by atoms with E-state index in [1.54, 1.807) is 0 Å². The van der Waals surface area contributed by atoms with Crippen LogP contribution >= 0.6 is 0 Å². The first-order valence-corrected chi connectivity index (χ1v) is 19.4. The van der Waals surface area contributed by atoms with Gasteiger partial charge in [0.15, 0.2) is 0 Å². The molecule has 2 unspecified atom stereocenters. The largest absolute Gasteiger partial charge is 0.543 e. The normalized spacial score (nSPS) is 14.4. The lowest BCUT2D eigenvalue weighted by Crippen LogP contribution is -2.44. The summed E-state index contributed by atoms with van der Waals surface area (Å²) in [5.74, 6) is 3.91. The van der Waals surface area contributed by atoms with Gasteiger partial charge in [-0.1, -0.05) is 105 Å². The van der Waals surface area contributed by atoms with Gasteiger partial charge in [-0.25, -0.2) is 0 Å². The minimum absolute atomic E-state index is 0.0985. The van der Waals surface area contributed by atoms with Crippen LogP contribution in [-0.4, -0.2) is 14.3 Å². The summed E-state index contributed by atoms with van der Waals surface area (Å²) >= 11 is 0. The predicted octanol–water partition coefficient (Wildman–Crippen LogP) is 11.8. The van der Waals surface area contributed by atoms with Crippen molar-refractivity contribution in [2.24, 2.45) is 17.8 Å². The molecule has 0 saturated carbocycles. The number of carbonyl (C=O) groups is 1. The smallest absolute Gasteiger partial charge is 0.308 e. The summed E-state index contributed by atoms with van der Waals surface area (Å²) in [5.41, 5.74) is 5.69. The highest BCUT2D eigenvalue weighted by Gasteiger charge is 2.40. The van der Waals surface area contributed by atoms with Crippen LogP contribution in [0.1, 0.15) is 142 Å². The summed E-state index contributed by atoms with van der Waals surface area (Å²) in [6, 6.07) is 0. The third-order valence-corrected chi connectivity index (χ3v) is 13.8. The maximum Gasteiger partial charge on any atom is 0.308 e. The summed E-state index contributed by atoms with van der Waals surface area (Å²) in [5, 5.41) is 0.0985. The minimum atomic E-state index is -2.05. The van der Waals surface area contributed by atoms with E-state index < -0.39 is 8.32 Å². The van der Waals surface area contributed by atoms with Gasteiger partial charge in [0, 0.05) is 12.5 Å². The number of esters is 1. The van der Waals surface area contributed by atoms with Gasteiger partial charge in [-0.3, -0.25) is 4.79 Å². The predicted molar refractivity (Wildman–Crippen MR) is 182 cm³/mol. The van der Waals surface area contributed by atoms with Crippen LogP contribution in [0, 0.1) is 38.5 Å². The number of ether oxygens (including phenoxy) is 1. The fourth-order valence-electron chi connectivity index (χ4n) is 5.33. The van der Waals surface area contributed by atoms with E-state index in [9.17, 15) is 4.79 Å². The lowest BCUT2D eigenvalue weighted by molar-refractivity contribution is -0.131. The highest BCUT2D eigenvalue weighted by Crippen LogP contribution is 2.44. The number of rotatable bonds is 17. The molecule has 4 heteroatoms. The van der Waals surface area contributed by atoms with E-state index in [1.165, 1.54) is 63.9 Å². The molecule has 0 fully saturated rings. The molecule has 1 aromatic rings. The third-order valence-electron chi connectivity index (χ3n) is 9.52. The van der Waals surface area contributed by atoms with E-state index in [4.69, 9.17) is 9.16 Å². The van der Waals surface area contributed by atoms with Crippen LogP contribution in [0.5, 0.6) is 11.5 Å². The molecule has 2 atom stereocenters. The van der Waals surface area contributed by atoms with Gasteiger partial charge >= 0.3 is 5.97 Å². The number of benzene rings is 1. The van der Waals surface area contributed by atoms with Crippen LogP contribution in [0.15, 0.2) is 11.6 Å². The van der Waals surface area contributed by atoms with Crippen molar-refractivity contribution in [3.05, 3.63) is 33.9 Å². The molecule has 0 saturated heterocycles.